The number of halogens is 2. The minimum absolute atomic E-state index is 0.0172. The molecule has 6 atom stereocenters. The summed E-state index contributed by atoms with van der Waals surface area (Å²) in [6.45, 7) is 4.15. The molecule has 11 heteroatoms. The normalized spacial score (nSPS) is 29.1. The van der Waals surface area contributed by atoms with Gasteiger partial charge in [-0.2, -0.15) is 0 Å². The number of carbonyl (C=O) groups is 4. The number of allylic oxidation sites excluding steroid dienone is 3. The van der Waals surface area contributed by atoms with E-state index in [1.165, 1.54) is 35.8 Å². The minimum atomic E-state index is -1.25. The number of anilines is 1. The van der Waals surface area contributed by atoms with E-state index in [1.54, 1.807) is 19.1 Å². The van der Waals surface area contributed by atoms with Crippen molar-refractivity contribution in [2.24, 2.45) is 35.0 Å². The van der Waals surface area contributed by atoms with Crippen LogP contribution in [-0.4, -0.2) is 64.8 Å². The Balaban J connectivity index is 1.12. The number of hydrogen-bond acceptors (Lipinski definition) is 7. The summed E-state index contributed by atoms with van der Waals surface area (Å²) < 4.78 is 19.5. The molecule has 0 bridgehead atoms. The monoisotopic (exact) mass is 737 g/mol. The predicted molar refractivity (Wildman–Crippen MR) is 197 cm³/mol. The summed E-state index contributed by atoms with van der Waals surface area (Å²) in [4.78, 5) is 62.6. The number of nitrogens with zero attached hydrogens (tertiary/aromatic N) is 3. The third-order valence-corrected chi connectivity index (χ3v) is 12.7. The first kappa shape index (κ1) is 35.2. The van der Waals surface area contributed by atoms with Crippen molar-refractivity contribution in [1.29, 1.82) is 0 Å². The van der Waals surface area contributed by atoms with Gasteiger partial charge in [0, 0.05) is 31.6 Å². The number of likely N-dealkylation sites (tertiary alicyclic amines) is 2. The molecular formula is C42H41ClFN3O6. The van der Waals surface area contributed by atoms with Crippen LogP contribution in [0.3, 0.4) is 0 Å². The molecule has 0 radical (unpaired) electrons. The van der Waals surface area contributed by atoms with E-state index in [9.17, 15) is 28.7 Å². The van der Waals surface area contributed by atoms with E-state index in [-0.39, 0.29) is 46.5 Å². The van der Waals surface area contributed by atoms with Gasteiger partial charge in [0.25, 0.3) is 0 Å². The molecule has 0 unspecified atom stereocenters. The number of aromatic hydroxyl groups is 1. The van der Waals surface area contributed by atoms with Crippen molar-refractivity contribution >= 4 is 47.0 Å². The molecule has 274 valence electrons. The van der Waals surface area contributed by atoms with Crippen molar-refractivity contribution in [2.45, 2.75) is 45.2 Å². The van der Waals surface area contributed by atoms with Gasteiger partial charge in [0.05, 0.1) is 41.0 Å². The second-order valence-electron chi connectivity index (χ2n) is 15.1. The Hall–Kier alpha value is -4.80. The topological polar surface area (TPSA) is 107 Å². The van der Waals surface area contributed by atoms with E-state index in [4.69, 9.17) is 16.3 Å². The summed E-state index contributed by atoms with van der Waals surface area (Å²) in [5.74, 6) is -4.66. The van der Waals surface area contributed by atoms with Crippen LogP contribution in [0.1, 0.15) is 43.7 Å². The Morgan fingerprint density at radius 1 is 0.962 bits per heavy atom. The third kappa shape index (κ3) is 5.78. The molecule has 3 saturated heterocycles. The summed E-state index contributed by atoms with van der Waals surface area (Å²) in [6.07, 6.45) is 7.72. The van der Waals surface area contributed by atoms with Crippen LogP contribution in [-0.2, 0) is 25.7 Å². The van der Waals surface area contributed by atoms with Crippen molar-refractivity contribution in [3.63, 3.8) is 0 Å². The molecular weight excluding hydrogens is 697 g/mol. The van der Waals surface area contributed by atoms with Crippen LogP contribution in [0.2, 0.25) is 5.02 Å². The number of fused-ring (bicyclic) bond motifs is 4. The standard InChI is InChI=1S/C42H41ClFN3O6/c1-42-31(13-8-24-9-15-35(48)36(20-24)53-2)28-11-12-29-37(30(28)22-32(42)39(50)47(41(42)52)27-10-14-34(44)33(43)21-27)40(51)46(38(29)49)26-16-18-45(19-17-26)23-25-6-4-3-5-7-25/h3-11,13-15,20-21,26,29-32,37,48H,12,16-19,22-23H2,1-2H3/t29-,30+,31-,32-,37-,42-/m0/s1. The number of benzene rings is 3. The second kappa shape index (κ2) is 13.6. The summed E-state index contributed by atoms with van der Waals surface area (Å²) in [5, 5.41) is 9.98. The van der Waals surface area contributed by atoms with Gasteiger partial charge in [-0.15, -0.1) is 0 Å². The lowest BCUT2D eigenvalue weighted by molar-refractivity contribution is -0.144. The molecule has 53 heavy (non-hydrogen) atoms. The van der Waals surface area contributed by atoms with Crippen LogP contribution < -0.4 is 9.64 Å². The highest BCUT2D eigenvalue weighted by molar-refractivity contribution is 6.31. The number of ether oxygens (including phenoxy) is 1. The van der Waals surface area contributed by atoms with Gasteiger partial charge in [0.1, 0.15) is 5.82 Å². The molecule has 4 fully saturated rings. The SMILES string of the molecule is COc1cc(C=C[C@H]2C3=CC[C@@H]4C(=O)N(C5CCN(Cc6ccccc6)CC5)C(=O)[C@@H]4[C@@H]3C[C@H]3C(=O)N(c4ccc(F)c(Cl)c4)C(=O)[C@@]23C)ccc1O. The van der Waals surface area contributed by atoms with Crippen LogP contribution in [0, 0.1) is 40.8 Å². The van der Waals surface area contributed by atoms with E-state index < -0.39 is 52.6 Å². The van der Waals surface area contributed by atoms with Crippen LogP contribution in [0.5, 0.6) is 11.5 Å². The maximum Gasteiger partial charge on any atom is 0.241 e. The number of amides is 4. The van der Waals surface area contributed by atoms with E-state index >= 15 is 0 Å². The van der Waals surface area contributed by atoms with Crippen molar-refractivity contribution < 1.29 is 33.4 Å². The average molecular weight is 738 g/mol. The van der Waals surface area contributed by atoms with Gasteiger partial charge >= 0.3 is 0 Å². The van der Waals surface area contributed by atoms with Gasteiger partial charge < -0.3 is 9.84 Å². The number of rotatable bonds is 7. The highest BCUT2D eigenvalue weighted by atomic mass is 35.5. The Bertz CT molecular complexity index is 2060. The fourth-order valence-electron chi connectivity index (χ4n) is 9.66. The van der Waals surface area contributed by atoms with Crippen LogP contribution in [0.15, 0.2) is 84.5 Å². The smallest absolute Gasteiger partial charge is 0.241 e. The van der Waals surface area contributed by atoms with Crippen molar-refractivity contribution in [3.8, 4) is 11.5 Å². The lowest BCUT2D eigenvalue weighted by Crippen LogP contribution is -2.50. The highest BCUT2D eigenvalue weighted by Crippen LogP contribution is 2.61. The zero-order valence-electron chi connectivity index (χ0n) is 29.6. The molecule has 3 aromatic rings. The van der Waals surface area contributed by atoms with Gasteiger partial charge in [-0.25, -0.2) is 9.29 Å². The van der Waals surface area contributed by atoms with Crippen LogP contribution in [0.25, 0.3) is 6.08 Å². The number of piperidine rings is 1. The van der Waals surface area contributed by atoms with Crippen molar-refractivity contribution in [2.75, 3.05) is 25.1 Å². The van der Waals surface area contributed by atoms with E-state index in [0.717, 1.165) is 36.2 Å². The number of methoxy groups -OCH3 is 1. The fraction of sp³-hybridized carbons (Fsp3) is 0.381. The van der Waals surface area contributed by atoms with Gasteiger partial charge in [0.15, 0.2) is 11.5 Å². The molecule has 5 aliphatic rings. The molecule has 0 aromatic heterocycles. The number of phenols is 1. The first-order valence-electron chi connectivity index (χ1n) is 18.2. The Morgan fingerprint density at radius 2 is 1.72 bits per heavy atom. The van der Waals surface area contributed by atoms with E-state index in [0.29, 0.717) is 24.8 Å². The maximum absolute atomic E-state index is 14.6. The van der Waals surface area contributed by atoms with Crippen LogP contribution >= 0.6 is 11.6 Å². The van der Waals surface area contributed by atoms with Gasteiger partial charge in [-0.1, -0.05) is 71.8 Å². The fourth-order valence-corrected chi connectivity index (χ4v) is 9.83. The number of hydrogen-bond donors (Lipinski definition) is 1. The summed E-state index contributed by atoms with van der Waals surface area (Å²) >= 11 is 6.12. The third-order valence-electron chi connectivity index (χ3n) is 12.4. The Kier molecular flexibility index (Phi) is 9.02. The molecule has 4 amide bonds. The van der Waals surface area contributed by atoms with Gasteiger partial charge in [-0.3, -0.25) is 29.0 Å². The van der Waals surface area contributed by atoms with E-state index in [2.05, 4.69) is 17.0 Å². The molecule has 3 aliphatic heterocycles. The molecule has 3 aromatic carbocycles. The lowest BCUT2D eigenvalue weighted by atomic mass is 9.52. The first-order valence-corrected chi connectivity index (χ1v) is 18.6. The van der Waals surface area contributed by atoms with Crippen LogP contribution in [0.4, 0.5) is 10.1 Å². The van der Waals surface area contributed by atoms with Crippen molar-refractivity contribution in [3.05, 3.63) is 106 Å². The zero-order chi connectivity index (χ0) is 37.2. The highest BCUT2D eigenvalue weighted by Gasteiger charge is 2.67. The summed E-state index contributed by atoms with van der Waals surface area (Å²) in [7, 11) is 1.46. The molecule has 2 aliphatic carbocycles. The second-order valence-corrected chi connectivity index (χ2v) is 15.5. The molecule has 8 rings (SSSR count). The summed E-state index contributed by atoms with van der Waals surface area (Å²) in [6, 6.07) is 18.8. The Morgan fingerprint density at radius 3 is 2.43 bits per heavy atom. The number of imide groups is 2. The van der Waals surface area contributed by atoms with Crippen molar-refractivity contribution in [1.82, 2.24) is 9.80 Å². The molecule has 1 saturated carbocycles. The van der Waals surface area contributed by atoms with Gasteiger partial charge in [0.2, 0.25) is 23.6 Å². The molecule has 1 N–H and O–H groups in total. The largest absolute Gasteiger partial charge is 0.504 e. The maximum atomic E-state index is 14.6. The van der Waals surface area contributed by atoms with Gasteiger partial charge in [-0.05, 0) is 80.0 Å². The average Bonchev–Trinajstić information content (AvgIpc) is 3.53. The summed E-state index contributed by atoms with van der Waals surface area (Å²) in [5.41, 5.74) is 1.73. The first-order chi connectivity index (χ1) is 25.5. The zero-order valence-corrected chi connectivity index (χ0v) is 30.3. The minimum Gasteiger partial charge on any atom is -0.504 e. The Labute approximate surface area is 312 Å². The molecule has 0 spiro atoms. The number of carbonyl (C=O) groups excluding carboxylic acids is 4. The molecule has 3 heterocycles. The van der Waals surface area contributed by atoms with E-state index in [1.807, 2.05) is 36.4 Å². The number of phenolic OH excluding ortho intramolecular Hbond substituents is 1. The molecule has 9 nitrogen and oxygen atoms in total. The quantitative estimate of drug-likeness (QED) is 0.214. The lowest BCUT2D eigenvalue weighted by Gasteiger charge is -2.48. The predicted octanol–water partition coefficient (Wildman–Crippen LogP) is 6.63.